The zero-order valence-corrected chi connectivity index (χ0v) is 20.8. The van der Waals surface area contributed by atoms with Crippen LogP contribution in [0.4, 0.5) is 4.79 Å². The molecule has 0 heterocycles. The number of aliphatic carboxylic acids is 1. The molecule has 2 aromatic carbocycles. The van der Waals surface area contributed by atoms with Gasteiger partial charge >= 0.3 is 12.1 Å². The molecule has 0 aliphatic heterocycles. The van der Waals surface area contributed by atoms with Crippen molar-refractivity contribution in [2.24, 2.45) is 10.8 Å². The number of carboxylic acid groups (broad SMARTS) is 1. The number of hydrogen-bond acceptors (Lipinski definition) is 4. The van der Waals surface area contributed by atoms with E-state index in [4.69, 9.17) is 4.74 Å². The summed E-state index contributed by atoms with van der Waals surface area (Å²) in [6.45, 7) is 7.30. The lowest BCUT2D eigenvalue weighted by Crippen LogP contribution is -2.57. The molecule has 1 fully saturated rings. The highest BCUT2D eigenvalue weighted by atomic mass is 16.5. The number of amides is 2. The van der Waals surface area contributed by atoms with E-state index in [-0.39, 0.29) is 18.4 Å². The molecule has 3 atom stereocenters. The van der Waals surface area contributed by atoms with Crippen LogP contribution in [0.25, 0.3) is 11.1 Å². The van der Waals surface area contributed by atoms with E-state index in [0.717, 1.165) is 28.7 Å². The average Bonchev–Trinajstić information content (AvgIpc) is 3.33. The van der Waals surface area contributed by atoms with Gasteiger partial charge in [-0.15, -0.1) is 0 Å². The minimum absolute atomic E-state index is 0.0467. The fraction of sp³-hybridized carbons (Fsp3) is 0.464. The summed E-state index contributed by atoms with van der Waals surface area (Å²) >= 11 is 0. The van der Waals surface area contributed by atoms with Gasteiger partial charge in [-0.25, -0.2) is 9.59 Å². The highest BCUT2D eigenvalue weighted by molar-refractivity contribution is 5.89. The van der Waals surface area contributed by atoms with Crippen LogP contribution in [0.5, 0.6) is 0 Å². The molecule has 0 radical (unpaired) electrons. The number of carbonyl (C=O) groups is 3. The molecule has 2 aromatic rings. The largest absolute Gasteiger partial charge is 0.480 e. The van der Waals surface area contributed by atoms with Gasteiger partial charge in [-0.1, -0.05) is 75.7 Å². The Bertz CT molecular complexity index is 1090. The number of carboxylic acids is 1. The van der Waals surface area contributed by atoms with Gasteiger partial charge in [0.1, 0.15) is 12.6 Å². The topological polar surface area (TPSA) is 105 Å². The van der Waals surface area contributed by atoms with E-state index in [2.05, 4.69) is 34.9 Å². The lowest BCUT2D eigenvalue weighted by molar-refractivity contribution is -0.147. The predicted molar refractivity (Wildman–Crippen MR) is 133 cm³/mol. The maximum absolute atomic E-state index is 13.2. The average molecular weight is 479 g/mol. The van der Waals surface area contributed by atoms with Gasteiger partial charge in [0.05, 0.1) is 5.41 Å². The molecule has 2 aliphatic rings. The second-order valence-electron chi connectivity index (χ2n) is 10.9. The van der Waals surface area contributed by atoms with Crippen molar-refractivity contribution in [1.82, 2.24) is 10.6 Å². The normalized spacial score (nSPS) is 22.1. The highest BCUT2D eigenvalue weighted by Crippen LogP contribution is 2.44. The molecule has 0 aromatic heterocycles. The minimum atomic E-state index is -1.08. The summed E-state index contributed by atoms with van der Waals surface area (Å²) in [5, 5.41) is 15.2. The second kappa shape index (κ2) is 9.36. The van der Waals surface area contributed by atoms with E-state index in [9.17, 15) is 19.5 Å². The number of rotatable bonds is 6. The van der Waals surface area contributed by atoms with Gasteiger partial charge in [-0.3, -0.25) is 4.79 Å². The Morgan fingerprint density at radius 1 is 1.06 bits per heavy atom. The quantitative estimate of drug-likeness (QED) is 0.558. The first-order valence-corrected chi connectivity index (χ1v) is 12.2. The number of fused-ring (bicyclic) bond motifs is 3. The molecule has 4 rings (SSSR count). The van der Waals surface area contributed by atoms with E-state index < -0.39 is 35.0 Å². The number of ether oxygens (including phenoxy) is 1. The Balaban J connectivity index is 1.42. The van der Waals surface area contributed by atoms with Crippen molar-refractivity contribution in [1.29, 1.82) is 0 Å². The van der Waals surface area contributed by atoms with Crippen molar-refractivity contribution in [3.05, 3.63) is 59.7 Å². The van der Waals surface area contributed by atoms with Crippen molar-refractivity contribution in [2.45, 2.75) is 65.0 Å². The van der Waals surface area contributed by atoms with Gasteiger partial charge in [-0.05, 0) is 47.4 Å². The van der Waals surface area contributed by atoms with Crippen molar-refractivity contribution in [3.8, 4) is 11.1 Å². The molecule has 2 amide bonds. The van der Waals surface area contributed by atoms with Gasteiger partial charge in [0.2, 0.25) is 5.91 Å². The van der Waals surface area contributed by atoms with Gasteiger partial charge in [0.15, 0.2) is 0 Å². The first-order chi connectivity index (χ1) is 16.5. The second-order valence-corrected chi connectivity index (χ2v) is 10.9. The molecule has 0 bridgehead atoms. The summed E-state index contributed by atoms with van der Waals surface area (Å²) in [5.74, 6) is -1.48. The van der Waals surface area contributed by atoms with Crippen LogP contribution in [0.3, 0.4) is 0 Å². The van der Waals surface area contributed by atoms with Crippen LogP contribution in [0.2, 0.25) is 0 Å². The molecular weight excluding hydrogens is 444 g/mol. The van der Waals surface area contributed by atoms with Crippen molar-refractivity contribution >= 4 is 18.0 Å². The molecule has 2 aliphatic carbocycles. The van der Waals surface area contributed by atoms with Crippen LogP contribution in [0.15, 0.2) is 48.5 Å². The fourth-order valence-corrected chi connectivity index (χ4v) is 5.40. The van der Waals surface area contributed by atoms with Crippen LogP contribution >= 0.6 is 0 Å². The molecule has 7 nitrogen and oxygen atoms in total. The third kappa shape index (κ3) is 4.77. The Morgan fingerprint density at radius 3 is 2.17 bits per heavy atom. The third-order valence-corrected chi connectivity index (χ3v) is 7.50. The van der Waals surface area contributed by atoms with Crippen molar-refractivity contribution in [3.63, 3.8) is 0 Å². The van der Waals surface area contributed by atoms with Gasteiger partial charge in [0, 0.05) is 12.0 Å². The Hall–Kier alpha value is -3.35. The number of nitrogens with one attached hydrogen (secondary N) is 2. The van der Waals surface area contributed by atoms with E-state index in [1.54, 1.807) is 27.7 Å². The highest BCUT2D eigenvalue weighted by Gasteiger charge is 2.48. The van der Waals surface area contributed by atoms with Gasteiger partial charge in [0.25, 0.3) is 0 Å². The lowest BCUT2D eigenvalue weighted by atomic mass is 9.81. The fourth-order valence-electron chi connectivity index (χ4n) is 5.40. The van der Waals surface area contributed by atoms with E-state index in [1.165, 1.54) is 0 Å². The molecule has 1 saturated carbocycles. The number of hydrogen-bond donors (Lipinski definition) is 3. The Labute approximate surface area is 206 Å². The Morgan fingerprint density at radius 2 is 1.63 bits per heavy atom. The SMILES string of the molecule is CC(C)(C)C(NC(=O)C1(C)CCCC1NC(=O)OCC1c2ccccc2-c2ccccc21)C(=O)O. The number of benzene rings is 2. The maximum atomic E-state index is 13.2. The van der Waals surface area contributed by atoms with Gasteiger partial charge < -0.3 is 20.5 Å². The zero-order chi connectivity index (χ0) is 25.4. The summed E-state index contributed by atoms with van der Waals surface area (Å²) in [5.41, 5.74) is 3.02. The van der Waals surface area contributed by atoms with E-state index in [1.807, 2.05) is 24.3 Å². The van der Waals surface area contributed by atoms with Crippen molar-refractivity contribution < 1.29 is 24.2 Å². The predicted octanol–water partition coefficient (Wildman–Crippen LogP) is 4.70. The molecule has 186 valence electrons. The lowest BCUT2D eigenvalue weighted by Gasteiger charge is -2.35. The van der Waals surface area contributed by atoms with E-state index in [0.29, 0.717) is 12.8 Å². The van der Waals surface area contributed by atoms with Crippen LogP contribution < -0.4 is 10.6 Å². The molecule has 7 heteroatoms. The maximum Gasteiger partial charge on any atom is 0.407 e. The summed E-state index contributed by atoms with van der Waals surface area (Å²) in [4.78, 5) is 37.8. The molecule has 0 saturated heterocycles. The van der Waals surface area contributed by atoms with E-state index >= 15 is 0 Å². The monoisotopic (exact) mass is 478 g/mol. The minimum Gasteiger partial charge on any atom is -0.480 e. The molecule has 3 unspecified atom stereocenters. The molecule has 0 spiro atoms. The van der Waals surface area contributed by atoms with Crippen molar-refractivity contribution in [2.75, 3.05) is 6.61 Å². The Kier molecular flexibility index (Phi) is 6.62. The first-order valence-electron chi connectivity index (χ1n) is 12.2. The summed E-state index contributed by atoms with van der Waals surface area (Å²) in [7, 11) is 0. The number of alkyl carbamates (subject to hydrolysis) is 1. The zero-order valence-electron chi connectivity index (χ0n) is 20.8. The summed E-state index contributed by atoms with van der Waals surface area (Å²) in [6, 6.07) is 14.8. The van der Waals surface area contributed by atoms with Crippen LogP contribution in [-0.4, -0.2) is 41.8 Å². The molecule has 35 heavy (non-hydrogen) atoms. The van der Waals surface area contributed by atoms with Crippen LogP contribution in [-0.2, 0) is 14.3 Å². The van der Waals surface area contributed by atoms with Gasteiger partial charge in [-0.2, -0.15) is 0 Å². The third-order valence-electron chi connectivity index (χ3n) is 7.50. The molecule has 3 N–H and O–H groups in total. The smallest absolute Gasteiger partial charge is 0.407 e. The van der Waals surface area contributed by atoms with Crippen LogP contribution in [0.1, 0.15) is 64.0 Å². The first kappa shape index (κ1) is 24.8. The standard InChI is InChI=1S/C28H34N2O5/c1-27(2,3)23(24(31)32)30-25(33)28(4)15-9-14-22(28)29-26(34)35-16-21-19-12-7-5-10-17(19)18-11-6-8-13-20(18)21/h5-8,10-13,21-23H,9,14-16H2,1-4H3,(H,29,34)(H,30,33)(H,31,32). The number of carbonyl (C=O) groups excluding carboxylic acids is 2. The molecular formula is C28H34N2O5. The van der Waals surface area contributed by atoms with Crippen LogP contribution in [0, 0.1) is 10.8 Å². The summed E-state index contributed by atoms with van der Waals surface area (Å²) in [6.07, 6.45) is 1.37. The summed E-state index contributed by atoms with van der Waals surface area (Å²) < 4.78 is 5.67.